The Morgan fingerprint density at radius 2 is 2.18 bits per heavy atom. The van der Waals surface area contributed by atoms with Crippen molar-refractivity contribution in [1.82, 2.24) is 0 Å². The number of hydrogen-bond acceptors (Lipinski definition) is 4. The molecule has 1 aliphatic heterocycles. The van der Waals surface area contributed by atoms with E-state index in [9.17, 15) is 9.59 Å². The van der Waals surface area contributed by atoms with E-state index >= 15 is 0 Å². The van der Waals surface area contributed by atoms with Gasteiger partial charge in [0.1, 0.15) is 12.2 Å². The van der Waals surface area contributed by atoms with Gasteiger partial charge in [-0.1, -0.05) is 32.1 Å². The molecule has 4 nitrogen and oxygen atoms in total. The summed E-state index contributed by atoms with van der Waals surface area (Å²) in [6, 6.07) is 0. The Morgan fingerprint density at radius 3 is 2.82 bits per heavy atom. The number of fused-ring (bicyclic) bond motifs is 2. The van der Waals surface area contributed by atoms with Gasteiger partial charge in [0.15, 0.2) is 0 Å². The Kier molecular flexibility index (Phi) is 3.46. The fourth-order valence-electron chi connectivity index (χ4n) is 4.82. The zero-order chi connectivity index (χ0) is 16.2. The van der Waals surface area contributed by atoms with Crippen molar-refractivity contribution in [2.75, 3.05) is 0 Å². The van der Waals surface area contributed by atoms with Crippen molar-refractivity contribution in [2.45, 2.75) is 52.7 Å². The number of rotatable bonds is 1. The molecular formula is C18H24O4. The van der Waals surface area contributed by atoms with Gasteiger partial charge in [-0.15, -0.1) is 0 Å². The molecule has 120 valence electrons. The molecule has 0 bridgehead atoms. The third kappa shape index (κ3) is 1.96. The molecule has 0 radical (unpaired) electrons. The van der Waals surface area contributed by atoms with E-state index in [1.807, 2.05) is 0 Å². The first-order valence-corrected chi connectivity index (χ1v) is 8.01. The van der Waals surface area contributed by atoms with Crippen LogP contribution in [0.4, 0.5) is 0 Å². The van der Waals surface area contributed by atoms with Crippen LogP contribution in [0.1, 0.15) is 40.5 Å². The minimum Gasteiger partial charge on any atom is -0.461 e. The average molecular weight is 304 g/mol. The van der Waals surface area contributed by atoms with Crippen molar-refractivity contribution >= 4 is 11.9 Å². The molecule has 2 fully saturated rings. The van der Waals surface area contributed by atoms with Crippen molar-refractivity contribution < 1.29 is 19.1 Å². The summed E-state index contributed by atoms with van der Waals surface area (Å²) in [7, 11) is 0. The Hall–Kier alpha value is -1.58. The predicted octanol–water partition coefficient (Wildman–Crippen LogP) is 3.03. The molecule has 0 unspecified atom stereocenters. The van der Waals surface area contributed by atoms with Gasteiger partial charge in [0.2, 0.25) is 0 Å². The van der Waals surface area contributed by atoms with Gasteiger partial charge in [0.05, 0.1) is 5.92 Å². The summed E-state index contributed by atoms with van der Waals surface area (Å²) in [5, 5.41) is 0. The second-order valence-corrected chi connectivity index (χ2v) is 7.25. The molecule has 6 atom stereocenters. The van der Waals surface area contributed by atoms with Gasteiger partial charge in [-0.25, -0.2) is 4.79 Å². The maximum absolute atomic E-state index is 12.0. The molecule has 2 aliphatic carbocycles. The van der Waals surface area contributed by atoms with Crippen LogP contribution in [0.15, 0.2) is 23.8 Å². The van der Waals surface area contributed by atoms with Gasteiger partial charge in [0.25, 0.3) is 0 Å². The van der Waals surface area contributed by atoms with Crippen LogP contribution in [-0.4, -0.2) is 24.1 Å². The van der Waals surface area contributed by atoms with Crippen molar-refractivity contribution in [3.05, 3.63) is 23.8 Å². The number of esters is 2. The lowest BCUT2D eigenvalue weighted by Crippen LogP contribution is -2.46. The van der Waals surface area contributed by atoms with Crippen LogP contribution in [0.3, 0.4) is 0 Å². The predicted molar refractivity (Wildman–Crippen MR) is 81.8 cm³/mol. The van der Waals surface area contributed by atoms with Gasteiger partial charge in [0, 0.05) is 17.9 Å². The SMILES string of the molecule is C=C1C(=O)O[C@@H]2C[C@@H](C)[C@@H]3CC=C(C)[C@@]3(C)[C@@H](OC(C)=O)[C@H]12. The fraction of sp³-hybridized carbons (Fsp3) is 0.667. The molecule has 0 amide bonds. The smallest absolute Gasteiger partial charge is 0.334 e. The summed E-state index contributed by atoms with van der Waals surface area (Å²) in [4.78, 5) is 23.7. The molecule has 1 saturated carbocycles. The molecule has 0 N–H and O–H groups in total. The average Bonchev–Trinajstić information content (AvgIpc) is 2.84. The summed E-state index contributed by atoms with van der Waals surface area (Å²) in [5.74, 6) is -0.110. The highest BCUT2D eigenvalue weighted by Gasteiger charge is 2.60. The largest absolute Gasteiger partial charge is 0.461 e. The number of carbonyl (C=O) groups excluding carboxylic acids is 2. The van der Waals surface area contributed by atoms with Crippen LogP contribution in [0, 0.1) is 23.2 Å². The first-order valence-electron chi connectivity index (χ1n) is 8.01. The normalized spacial score (nSPS) is 43.8. The number of ether oxygens (including phenoxy) is 2. The van der Waals surface area contributed by atoms with E-state index in [-0.39, 0.29) is 35.5 Å². The van der Waals surface area contributed by atoms with E-state index in [1.54, 1.807) is 0 Å². The van der Waals surface area contributed by atoms with E-state index in [0.29, 0.717) is 17.4 Å². The third-order valence-corrected chi connectivity index (χ3v) is 6.12. The van der Waals surface area contributed by atoms with Crippen molar-refractivity contribution in [3.8, 4) is 0 Å². The molecule has 0 aromatic rings. The van der Waals surface area contributed by atoms with Crippen LogP contribution in [0.2, 0.25) is 0 Å². The molecule has 0 spiro atoms. The van der Waals surface area contributed by atoms with Gasteiger partial charge < -0.3 is 9.47 Å². The quantitative estimate of drug-likeness (QED) is 0.424. The zero-order valence-electron chi connectivity index (χ0n) is 13.7. The molecule has 4 heteroatoms. The Bertz CT molecular complexity index is 576. The highest BCUT2D eigenvalue weighted by molar-refractivity contribution is 5.91. The van der Waals surface area contributed by atoms with Gasteiger partial charge >= 0.3 is 11.9 Å². The van der Waals surface area contributed by atoms with Gasteiger partial charge in [-0.3, -0.25) is 4.79 Å². The van der Waals surface area contributed by atoms with Crippen molar-refractivity contribution in [3.63, 3.8) is 0 Å². The van der Waals surface area contributed by atoms with Crippen LogP contribution < -0.4 is 0 Å². The van der Waals surface area contributed by atoms with Crippen LogP contribution in [0.25, 0.3) is 0 Å². The van der Waals surface area contributed by atoms with E-state index in [1.165, 1.54) is 12.5 Å². The summed E-state index contributed by atoms with van der Waals surface area (Å²) in [6.07, 6.45) is 3.42. The first-order chi connectivity index (χ1) is 10.3. The lowest BCUT2D eigenvalue weighted by Gasteiger charge is -2.42. The second kappa shape index (κ2) is 4.97. The van der Waals surface area contributed by atoms with E-state index < -0.39 is 0 Å². The monoisotopic (exact) mass is 304 g/mol. The molecule has 1 heterocycles. The minimum atomic E-state index is -0.386. The summed E-state index contributed by atoms with van der Waals surface area (Å²) in [5.41, 5.74) is 1.43. The highest BCUT2D eigenvalue weighted by atomic mass is 16.6. The molecular weight excluding hydrogens is 280 g/mol. The topological polar surface area (TPSA) is 52.6 Å². The Labute approximate surface area is 131 Å². The zero-order valence-corrected chi connectivity index (χ0v) is 13.7. The summed E-state index contributed by atoms with van der Waals surface area (Å²) < 4.78 is 11.3. The first kappa shape index (κ1) is 15.3. The molecule has 22 heavy (non-hydrogen) atoms. The lowest BCUT2D eigenvalue weighted by atomic mass is 9.65. The van der Waals surface area contributed by atoms with Crippen molar-refractivity contribution in [1.29, 1.82) is 0 Å². The number of allylic oxidation sites excluding steroid dienone is 1. The Balaban J connectivity index is 2.11. The summed E-state index contributed by atoms with van der Waals surface area (Å²) in [6.45, 7) is 11.8. The fourth-order valence-corrected chi connectivity index (χ4v) is 4.82. The van der Waals surface area contributed by atoms with Gasteiger partial charge in [-0.05, 0) is 31.6 Å². The highest BCUT2D eigenvalue weighted by Crippen LogP contribution is 2.58. The maximum Gasteiger partial charge on any atom is 0.334 e. The van der Waals surface area contributed by atoms with Gasteiger partial charge in [-0.2, -0.15) is 0 Å². The second-order valence-electron chi connectivity index (χ2n) is 7.25. The molecule has 3 rings (SSSR count). The Morgan fingerprint density at radius 1 is 1.50 bits per heavy atom. The standard InChI is InChI=1S/C18H24O4/c1-9-8-14-15(11(3)17(20)22-14)16(21-12(4)19)18(5)10(2)6-7-13(9)18/h6,9,13-16H,3,7-8H2,1-2,4-5H3/t9-,13+,14-,15-,16+,18-/m1/s1. The number of hydrogen-bond donors (Lipinski definition) is 0. The van der Waals surface area contributed by atoms with Crippen LogP contribution in [-0.2, 0) is 19.1 Å². The van der Waals surface area contributed by atoms with Crippen LogP contribution in [0.5, 0.6) is 0 Å². The summed E-state index contributed by atoms with van der Waals surface area (Å²) >= 11 is 0. The molecule has 1 saturated heterocycles. The lowest BCUT2D eigenvalue weighted by molar-refractivity contribution is -0.157. The van der Waals surface area contributed by atoms with E-state index in [2.05, 4.69) is 33.4 Å². The molecule has 0 aromatic carbocycles. The molecule has 0 aromatic heterocycles. The van der Waals surface area contributed by atoms with E-state index in [4.69, 9.17) is 9.47 Å². The number of carbonyl (C=O) groups is 2. The van der Waals surface area contributed by atoms with E-state index in [0.717, 1.165) is 12.8 Å². The third-order valence-electron chi connectivity index (χ3n) is 6.12. The van der Waals surface area contributed by atoms with Crippen LogP contribution >= 0.6 is 0 Å². The maximum atomic E-state index is 12.0. The molecule has 3 aliphatic rings. The minimum absolute atomic E-state index is 0.227. The van der Waals surface area contributed by atoms with Crippen molar-refractivity contribution in [2.24, 2.45) is 23.2 Å².